The van der Waals surface area contributed by atoms with Crippen molar-refractivity contribution >= 4 is 6.29 Å². The van der Waals surface area contributed by atoms with E-state index in [0.717, 1.165) is 24.7 Å². The molecule has 0 N–H and O–H groups in total. The van der Waals surface area contributed by atoms with Gasteiger partial charge in [0.25, 0.3) is 0 Å². The molecular weight excluding hydrogens is 160 g/mol. The first-order valence-electron chi connectivity index (χ1n) is 5.30. The van der Waals surface area contributed by atoms with E-state index in [1.165, 1.54) is 25.7 Å². The Hall–Kier alpha value is -0.590. The van der Waals surface area contributed by atoms with Crippen LogP contribution in [0.15, 0.2) is 12.2 Å². The predicted molar refractivity (Wildman–Crippen MR) is 57.7 cm³/mol. The molecule has 0 bridgehead atoms. The lowest BCUT2D eigenvalue weighted by atomic mass is 9.96. The van der Waals surface area contributed by atoms with Crippen molar-refractivity contribution in [3.8, 4) is 0 Å². The number of aldehydes is 1. The summed E-state index contributed by atoms with van der Waals surface area (Å²) in [6.07, 6.45) is 7.99. The fraction of sp³-hybridized carbons (Fsp3) is 0.750. The van der Waals surface area contributed by atoms with Gasteiger partial charge in [0.1, 0.15) is 6.29 Å². The second-order valence-corrected chi connectivity index (χ2v) is 3.91. The molecule has 13 heavy (non-hydrogen) atoms. The number of carbonyl (C=O) groups is 1. The van der Waals surface area contributed by atoms with Crippen molar-refractivity contribution in [2.75, 3.05) is 0 Å². The van der Waals surface area contributed by atoms with Gasteiger partial charge < -0.3 is 4.79 Å². The lowest BCUT2D eigenvalue weighted by Gasteiger charge is -2.08. The number of carbonyl (C=O) groups excluding carboxylic acids is 1. The number of unbranched alkanes of at least 4 members (excludes halogenated alkanes) is 3. The molecule has 76 valence electrons. The van der Waals surface area contributed by atoms with Gasteiger partial charge in [-0.15, -0.1) is 6.58 Å². The molecule has 1 heteroatoms. The van der Waals surface area contributed by atoms with E-state index < -0.39 is 0 Å². The molecule has 0 fully saturated rings. The molecule has 1 atom stereocenters. The van der Waals surface area contributed by atoms with Gasteiger partial charge >= 0.3 is 0 Å². The first-order chi connectivity index (χ1) is 6.20. The minimum absolute atomic E-state index is 0.217. The SMILES string of the molecule is C=C(C)C[C@H](C=O)CCCCCC. The van der Waals surface area contributed by atoms with Crippen LogP contribution in [0, 0.1) is 5.92 Å². The van der Waals surface area contributed by atoms with E-state index in [2.05, 4.69) is 13.5 Å². The van der Waals surface area contributed by atoms with Gasteiger partial charge in [-0.25, -0.2) is 0 Å². The Morgan fingerprint density at radius 3 is 2.54 bits per heavy atom. The Kier molecular flexibility index (Phi) is 7.66. The zero-order valence-corrected chi connectivity index (χ0v) is 9.01. The first-order valence-corrected chi connectivity index (χ1v) is 5.30. The van der Waals surface area contributed by atoms with Gasteiger partial charge in [0.05, 0.1) is 0 Å². The van der Waals surface area contributed by atoms with Crippen LogP contribution in [0.4, 0.5) is 0 Å². The number of allylic oxidation sites excluding steroid dienone is 1. The molecule has 0 saturated carbocycles. The van der Waals surface area contributed by atoms with Crippen LogP contribution in [-0.2, 0) is 4.79 Å². The van der Waals surface area contributed by atoms with E-state index in [4.69, 9.17) is 0 Å². The van der Waals surface area contributed by atoms with Crippen LogP contribution >= 0.6 is 0 Å². The maximum absolute atomic E-state index is 10.7. The molecule has 0 aliphatic heterocycles. The zero-order chi connectivity index (χ0) is 10.1. The van der Waals surface area contributed by atoms with Crippen molar-refractivity contribution in [2.24, 2.45) is 5.92 Å². The summed E-state index contributed by atoms with van der Waals surface area (Å²) in [5.41, 5.74) is 1.12. The number of rotatable bonds is 8. The van der Waals surface area contributed by atoms with Gasteiger partial charge in [-0.2, -0.15) is 0 Å². The lowest BCUT2D eigenvalue weighted by molar-refractivity contribution is -0.111. The highest BCUT2D eigenvalue weighted by molar-refractivity contribution is 5.53. The third kappa shape index (κ3) is 7.76. The molecule has 0 saturated heterocycles. The Balaban J connectivity index is 3.48. The number of hydrogen-bond donors (Lipinski definition) is 0. The summed E-state index contributed by atoms with van der Waals surface area (Å²) in [5.74, 6) is 0.217. The largest absolute Gasteiger partial charge is 0.303 e. The Morgan fingerprint density at radius 2 is 2.08 bits per heavy atom. The molecule has 0 aliphatic carbocycles. The third-order valence-corrected chi connectivity index (χ3v) is 2.23. The molecule has 0 heterocycles. The average molecular weight is 182 g/mol. The van der Waals surface area contributed by atoms with E-state index in [0.29, 0.717) is 0 Å². The quantitative estimate of drug-likeness (QED) is 0.317. The lowest BCUT2D eigenvalue weighted by Crippen LogP contribution is -2.02. The standard InChI is InChI=1S/C12H22O/c1-4-5-6-7-8-12(10-13)9-11(2)3/h10,12H,2,4-9H2,1,3H3/t12-/m1/s1. The van der Waals surface area contributed by atoms with E-state index in [1.54, 1.807) is 0 Å². The molecule has 0 aromatic heterocycles. The van der Waals surface area contributed by atoms with Crippen LogP contribution in [0.25, 0.3) is 0 Å². The highest BCUT2D eigenvalue weighted by Gasteiger charge is 2.06. The van der Waals surface area contributed by atoms with Gasteiger partial charge in [-0.3, -0.25) is 0 Å². The van der Waals surface area contributed by atoms with E-state index >= 15 is 0 Å². The molecule has 0 rings (SSSR count). The van der Waals surface area contributed by atoms with E-state index in [-0.39, 0.29) is 5.92 Å². The van der Waals surface area contributed by atoms with Crippen LogP contribution < -0.4 is 0 Å². The Labute approximate surface area is 82.2 Å². The van der Waals surface area contributed by atoms with Crippen molar-refractivity contribution < 1.29 is 4.79 Å². The summed E-state index contributed by atoms with van der Waals surface area (Å²) in [6.45, 7) is 8.02. The number of hydrogen-bond acceptors (Lipinski definition) is 1. The van der Waals surface area contributed by atoms with Gasteiger partial charge in [0.2, 0.25) is 0 Å². The molecule has 0 radical (unpaired) electrons. The van der Waals surface area contributed by atoms with Crippen molar-refractivity contribution in [2.45, 2.75) is 52.4 Å². The highest BCUT2D eigenvalue weighted by Crippen LogP contribution is 2.15. The van der Waals surface area contributed by atoms with Crippen molar-refractivity contribution in [3.05, 3.63) is 12.2 Å². The normalized spacial score (nSPS) is 12.5. The van der Waals surface area contributed by atoms with Gasteiger partial charge in [0, 0.05) is 5.92 Å². The minimum atomic E-state index is 0.217. The first kappa shape index (κ1) is 12.4. The fourth-order valence-electron chi connectivity index (χ4n) is 1.50. The average Bonchev–Trinajstić information content (AvgIpc) is 2.09. The van der Waals surface area contributed by atoms with Crippen LogP contribution in [0.3, 0.4) is 0 Å². The molecule has 0 unspecified atom stereocenters. The summed E-state index contributed by atoms with van der Waals surface area (Å²) in [4.78, 5) is 10.7. The second-order valence-electron chi connectivity index (χ2n) is 3.91. The zero-order valence-electron chi connectivity index (χ0n) is 9.01. The minimum Gasteiger partial charge on any atom is -0.303 e. The van der Waals surface area contributed by atoms with Crippen LogP contribution in [-0.4, -0.2) is 6.29 Å². The fourth-order valence-corrected chi connectivity index (χ4v) is 1.50. The molecule has 0 spiro atoms. The molecule has 1 nitrogen and oxygen atoms in total. The summed E-state index contributed by atoms with van der Waals surface area (Å²) in [5, 5.41) is 0. The highest BCUT2D eigenvalue weighted by atomic mass is 16.1. The monoisotopic (exact) mass is 182 g/mol. The summed E-state index contributed by atoms with van der Waals surface area (Å²) in [7, 11) is 0. The molecule has 0 aromatic rings. The molecular formula is C12H22O. The Bertz CT molecular complexity index is 149. The van der Waals surface area contributed by atoms with Crippen LogP contribution in [0.5, 0.6) is 0 Å². The van der Waals surface area contributed by atoms with E-state index in [1.807, 2.05) is 6.92 Å². The second kappa shape index (κ2) is 8.03. The summed E-state index contributed by atoms with van der Waals surface area (Å²) >= 11 is 0. The summed E-state index contributed by atoms with van der Waals surface area (Å²) < 4.78 is 0. The third-order valence-electron chi connectivity index (χ3n) is 2.23. The van der Waals surface area contributed by atoms with Crippen LogP contribution in [0.2, 0.25) is 0 Å². The van der Waals surface area contributed by atoms with Crippen molar-refractivity contribution in [3.63, 3.8) is 0 Å². The Morgan fingerprint density at radius 1 is 1.38 bits per heavy atom. The summed E-state index contributed by atoms with van der Waals surface area (Å²) in [6, 6.07) is 0. The molecule has 0 aliphatic rings. The van der Waals surface area contributed by atoms with Crippen LogP contribution in [0.1, 0.15) is 52.4 Å². The predicted octanol–water partition coefficient (Wildman–Crippen LogP) is 3.74. The van der Waals surface area contributed by atoms with E-state index in [9.17, 15) is 4.79 Å². The van der Waals surface area contributed by atoms with Crippen molar-refractivity contribution in [1.82, 2.24) is 0 Å². The van der Waals surface area contributed by atoms with Gasteiger partial charge in [-0.1, -0.05) is 38.2 Å². The maximum atomic E-state index is 10.7. The smallest absolute Gasteiger partial charge is 0.123 e. The van der Waals surface area contributed by atoms with Gasteiger partial charge in [-0.05, 0) is 19.8 Å². The van der Waals surface area contributed by atoms with Gasteiger partial charge in [0.15, 0.2) is 0 Å². The topological polar surface area (TPSA) is 17.1 Å². The molecule has 0 aromatic carbocycles. The molecule has 0 amide bonds. The van der Waals surface area contributed by atoms with Crippen molar-refractivity contribution in [1.29, 1.82) is 0 Å². The maximum Gasteiger partial charge on any atom is 0.123 e.